The van der Waals surface area contributed by atoms with Gasteiger partial charge in [-0.2, -0.15) is 0 Å². The van der Waals surface area contributed by atoms with Crippen molar-refractivity contribution in [2.75, 3.05) is 5.73 Å². The van der Waals surface area contributed by atoms with Crippen molar-refractivity contribution in [1.82, 2.24) is 9.36 Å². The van der Waals surface area contributed by atoms with Crippen LogP contribution < -0.4 is 5.73 Å². The van der Waals surface area contributed by atoms with Gasteiger partial charge in [0.05, 0.1) is 16.3 Å². The van der Waals surface area contributed by atoms with Crippen LogP contribution in [0.4, 0.5) is 10.1 Å². The molecule has 3 aromatic rings. The first-order valence-corrected chi connectivity index (χ1v) is 5.50. The van der Waals surface area contributed by atoms with E-state index in [0.29, 0.717) is 0 Å². The van der Waals surface area contributed by atoms with Crippen molar-refractivity contribution in [1.29, 1.82) is 0 Å². The molecule has 16 heavy (non-hydrogen) atoms. The van der Waals surface area contributed by atoms with Crippen LogP contribution in [-0.4, -0.2) is 9.36 Å². The number of nitrogens with one attached hydrogen (secondary N) is 1. The fourth-order valence-electron chi connectivity index (χ4n) is 1.66. The van der Waals surface area contributed by atoms with Gasteiger partial charge in [-0.15, -0.1) is 0 Å². The summed E-state index contributed by atoms with van der Waals surface area (Å²) in [5, 5.41) is 0.815. The fraction of sp³-hybridized carbons (Fsp3) is 0. The number of nitrogens with two attached hydrogens (primary N) is 1. The number of anilines is 1. The number of halogens is 1. The molecular weight excluding hydrogens is 225 g/mol. The third-order valence-electron chi connectivity index (χ3n) is 2.44. The molecule has 0 saturated carbocycles. The minimum absolute atomic E-state index is 0.158. The summed E-state index contributed by atoms with van der Waals surface area (Å²) < 4.78 is 17.3. The molecule has 0 aliphatic heterocycles. The van der Waals surface area contributed by atoms with E-state index in [-0.39, 0.29) is 11.5 Å². The molecule has 0 saturated heterocycles. The average Bonchev–Trinajstić information content (AvgIpc) is 2.86. The van der Waals surface area contributed by atoms with Crippen molar-refractivity contribution < 1.29 is 4.39 Å². The molecule has 0 bridgehead atoms. The summed E-state index contributed by atoms with van der Waals surface area (Å²) in [4.78, 5) is 4.21. The molecule has 0 unspecified atom stereocenters. The van der Waals surface area contributed by atoms with Crippen molar-refractivity contribution in [3.63, 3.8) is 0 Å². The first kappa shape index (κ1) is 9.35. The quantitative estimate of drug-likeness (QED) is 0.635. The van der Waals surface area contributed by atoms with Gasteiger partial charge in [0.25, 0.3) is 0 Å². The number of H-pyrrole nitrogens is 1. The van der Waals surface area contributed by atoms with Gasteiger partial charge in [-0.3, -0.25) is 0 Å². The molecule has 0 radical (unpaired) electrons. The Bertz CT molecular complexity index is 604. The number of hydrogen-bond acceptors (Lipinski definition) is 3. The standard InChI is InChI=1S/C11H8FN3S/c12-7-3-6-4-10(11-1-2-14-16-11)15-9(6)5-8(7)13/h1-5,15H,13H2. The van der Waals surface area contributed by atoms with E-state index in [1.54, 1.807) is 12.3 Å². The number of nitrogen functional groups attached to an aromatic ring is 1. The van der Waals surface area contributed by atoms with E-state index in [1.165, 1.54) is 17.6 Å². The van der Waals surface area contributed by atoms with Gasteiger partial charge < -0.3 is 10.7 Å². The van der Waals surface area contributed by atoms with E-state index < -0.39 is 0 Å². The van der Waals surface area contributed by atoms with Crippen molar-refractivity contribution in [3.8, 4) is 10.6 Å². The van der Waals surface area contributed by atoms with E-state index in [0.717, 1.165) is 21.5 Å². The summed E-state index contributed by atoms with van der Waals surface area (Å²) in [5.41, 5.74) is 7.44. The Kier molecular flexibility index (Phi) is 1.94. The molecule has 0 amide bonds. The highest BCUT2D eigenvalue weighted by Crippen LogP contribution is 2.28. The highest BCUT2D eigenvalue weighted by atomic mass is 32.1. The minimum Gasteiger partial charge on any atom is -0.396 e. The molecule has 80 valence electrons. The lowest BCUT2D eigenvalue weighted by atomic mass is 10.2. The van der Waals surface area contributed by atoms with Crippen molar-refractivity contribution in [2.45, 2.75) is 0 Å². The first-order chi connectivity index (χ1) is 7.74. The minimum atomic E-state index is -0.387. The Morgan fingerprint density at radius 1 is 1.31 bits per heavy atom. The van der Waals surface area contributed by atoms with Gasteiger partial charge in [0.15, 0.2) is 0 Å². The maximum atomic E-state index is 13.3. The maximum Gasteiger partial charge on any atom is 0.146 e. The molecular formula is C11H8FN3S. The van der Waals surface area contributed by atoms with Gasteiger partial charge in [-0.1, -0.05) is 0 Å². The zero-order chi connectivity index (χ0) is 11.1. The van der Waals surface area contributed by atoms with Crippen molar-refractivity contribution in [3.05, 3.63) is 36.3 Å². The highest BCUT2D eigenvalue weighted by Gasteiger charge is 2.07. The molecule has 0 aliphatic carbocycles. The van der Waals surface area contributed by atoms with E-state index in [2.05, 4.69) is 9.36 Å². The van der Waals surface area contributed by atoms with Gasteiger partial charge in [0.2, 0.25) is 0 Å². The van der Waals surface area contributed by atoms with Gasteiger partial charge in [0, 0.05) is 17.1 Å². The van der Waals surface area contributed by atoms with Crippen molar-refractivity contribution >= 4 is 28.1 Å². The normalized spacial score (nSPS) is 11.1. The van der Waals surface area contributed by atoms with Crippen LogP contribution in [0.3, 0.4) is 0 Å². The summed E-state index contributed by atoms with van der Waals surface area (Å²) in [6.07, 6.45) is 1.74. The second-order valence-electron chi connectivity index (χ2n) is 3.52. The molecule has 2 heterocycles. The zero-order valence-electron chi connectivity index (χ0n) is 8.20. The second kappa shape index (κ2) is 3.31. The molecule has 0 spiro atoms. The van der Waals surface area contributed by atoms with Crippen LogP contribution in [-0.2, 0) is 0 Å². The molecule has 0 atom stereocenters. The monoisotopic (exact) mass is 233 g/mol. The Hall–Kier alpha value is -1.88. The van der Waals surface area contributed by atoms with E-state index >= 15 is 0 Å². The lowest BCUT2D eigenvalue weighted by Crippen LogP contribution is -1.88. The van der Waals surface area contributed by atoms with E-state index in [9.17, 15) is 4.39 Å². The first-order valence-electron chi connectivity index (χ1n) is 4.73. The Morgan fingerprint density at radius 3 is 2.94 bits per heavy atom. The molecule has 0 aliphatic rings. The SMILES string of the molecule is Nc1cc2[nH]c(-c3ccns3)cc2cc1F. The fourth-order valence-corrected chi connectivity index (χ4v) is 2.22. The molecule has 3 nitrogen and oxygen atoms in total. The molecule has 0 fully saturated rings. The zero-order valence-corrected chi connectivity index (χ0v) is 9.01. The lowest BCUT2D eigenvalue weighted by molar-refractivity contribution is 0.634. The van der Waals surface area contributed by atoms with Crippen LogP contribution >= 0.6 is 11.5 Å². The van der Waals surface area contributed by atoms with Gasteiger partial charge in [0.1, 0.15) is 5.82 Å². The number of nitrogens with zero attached hydrogens (tertiary/aromatic N) is 1. The van der Waals surface area contributed by atoms with E-state index in [4.69, 9.17) is 5.73 Å². The number of aromatic amines is 1. The maximum absolute atomic E-state index is 13.3. The van der Waals surface area contributed by atoms with Crippen LogP contribution in [0.15, 0.2) is 30.5 Å². The predicted octanol–water partition coefficient (Wildman–Crippen LogP) is 3.01. The highest BCUT2D eigenvalue weighted by molar-refractivity contribution is 7.09. The van der Waals surface area contributed by atoms with Crippen LogP contribution in [0.1, 0.15) is 0 Å². The number of rotatable bonds is 1. The number of aromatic nitrogens is 2. The largest absolute Gasteiger partial charge is 0.396 e. The lowest BCUT2D eigenvalue weighted by Gasteiger charge is -1.95. The van der Waals surface area contributed by atoms with Crippen LogP contribution in [0, 0.1) is 5.82 Å². The summed E-state index contributed by atoms with van der Waals surface area (Å²) in [6, 6.07) is 6.85. The van der Waals surface area contributed by atoms with Crippen LogP contribution in [0.5, 0.6) is 0 Å². The van der Waals surface area contributed by atoms with Gasteiger partial charge in [-0.05, 0) is 35.8 Å². The predicted molar refractivity (Wildman–Crippen MR) is 63.8 cm³/mol. The smallest absolute Gasteiger partial charge is 0.146 e. The molecule has 1 aromatic carbocycles. The third-order valence-corrected chi connectivity index (χ3v) is 3.22. The molecule has 5 heteroatoms. The van der Waals surface area contributed by atoms with E-state index in [1.807, 2.05) is 12.1 Å². The topological polar surface area (TPSA) is 54.7 Å². The van der Waals surface area contributed by atoms with Crippen LogP contribution in [0.25, 0.3) is 21.5 Å². The van der Waals surface area contributed by atoms with Crippen LogP contribution in [0.2, 0.25) is 0 Å². The van der Waals surface area contributed by atoms with Crippen molar-refractivity contribution in [2.24, 2.45) is 0 Å². The van der Waals surface area contributed by atoms with Gasteiger partial charge in [-0.25, -0.2) is 8.76 Å². The second-order valence-corrected chi connectivity index (χ2v) is 4.35. The number of hydrogen-bond donors (Lipinski definition) is 2. The summed E-state index contributed by atoms with van der Waals surface area (Å²) in [7, 11) is 0. The number of fused-ring (bicyclic) bond motifs is 1. The molecule has 3 rings (SSSR count). The third kappa shape index (κ3) is 1.37. The molecule has 2 aromatic heterocycles. The van der Waals surface area contributed by atoms with Gasteiger partial charge >= 0.3 is 0 Å². The Morgan fingerprint density at radius 2 is 2.19 bits per heavy atom. The summed E-state index contributed by atoms with van der Waals surface area (Å²) >= 11 is 1.39. The summed E-state index contributed by atoms with van der Waals surface area (Å²) in [6.45, 7) is 0. The number of benzene rings is 1. The summed E-state index contributed by atoms with van der Waals surface area (Å²) in [5.74, 6) is -0.387. The average molecular weight is 233 g/mol. The molecule has 3 N–H and O–H groups in total. The Balaban J connectivity index is 2.23. The Labute approximate surface area is 94.9 Å².